The lowest BCUT2D eigenvalue weighted by atomic mass is 10.1. The summed E-state index contributed by atoms with van der Waals surface area (Å²) in [7, 11) is 0. The van der Waals surface area contributed by atoms with Crippen molar-refractivity contribution < 1.29 is 19.6 Å². The Morgan fingerprint density at radius 1 is 1.48 bits per heavy atom. The Morgan fingerprint density at radius 3 is 2.83 bits per heavy atom. The molecule has 0 bridgehead atoms. The van der Waals surface area contributed by atoms with Crippen molar-refractivity contribution in [2.45, 2.75) is 38.7 Å². The number of nitrogens with zero attached hydrogens (tertiary/aromatic N) is 2. The molecular formula is C16H22N2O5. The Hall–Kier alpha value is -2.15. The third-order valence-corrected chi connectivity index (χ3v) is 3.90. The molecule has 2 rings (SSSR count). The van der Waals surface area contributed by atoms with E-state index < -0.39 is 16.4 Å². The largest absolute Gasteiger partial charge is 0.502 e. The van der Waals surface area contributed by atoms with Crippen LogP contribution in [0.25, 0.3) is 0 Å². The third-order valence-electron chi connectivity index (χ3n) is 3.90. The van der Waals surface area contributed by atoms with Gasteiger partial charge in [0.15, 0.2) is 5.75 Å². The molecule has 1 heterocycles. The van der Waals surface area contributed by atoms with Gasteiger partial charge in [-0.15, -0.1) is 0 Å². The molecule has 1 fully saturated rings. The fourth-order valence-electron chi connectivity index (χ4n) is 2.74. The average molecular weight is 322 g/mol. The van der Waals surface area contributed by atoms with Gasteiger partial charge in [-0.2, -0.15) is 0 Å². The van der Waals surface area contributed by atoms with Crippen LogP contribution >= 0.6 is 0 Å². The monoisotopic (exact) mass is 322 g/mol. The molecule has 0 aliphatic carbocycles. The molecule has 1 aliphatic rings. The maximum Gasteiger partial charge on any atom is 0.310 e. The Bertz CT molecular complexity index is 570. The van der Waals surface area contributed by atoms with Gasteiger partial charge < -0.3 is 14.7 Å². The first-order valence-corrected chi connectivity index (χ1v) is 7.91. The van der Waals surface area contributed by atoms with Crippen molar-refractivity contribution in [3.63, 3.8) is 0 Å². The van der Waals surface area contributed by atoms with Gasteiger partial charge in [-0.05, 0) is 37.8 Å². The number of carbonyl (C=O) groups is 1. The van der Waals surface area contributed by atoms with E-state index >= 15 is 0 Å². The SMILES string of the molecule is CCCN(CC1CCCCO1)C(=O)c1ccc([N+](=O)[O-])c(O)c1. The first-order valence-electron chi connectivity index (χ1n) is 7.91. The number of benzene rings is 1. The number of phenolic OH excluding ortho intramolecular Hbond substituents is 1. The molecule has 7 nitrogen and oxygen atoms in total. The summed E-state index contributed by atoms with van der Waals surface area (Å²) in [5, 5.41) is 20.4. The summed E-state index contributed by atoms with van der Waals surface area (Å²) >= 11 is 0. The van der Waals surface area contributed by atoms with Crippen LogP contribution in [0.3, 0.4) is 0 Å². The molecule has 0 spiro atoms. The van der Waals surface area contributed by atoms with Crippen LogP contribution in [-0.4, -0.2) is 46.6 Å². The number of amides is 1. The molecule has 126 valence electrons. The van der Waals surface area contributed by atoms with Crippen molar-refractivity contribution in [3.8, 4) is 5.75 Å². The van der Waals surface area contributed by atoms with Gasteiger partial charge in [0.1, 0.15) is 0 Å². The first kappa shape index (κ1) is 17.2. The summed E-state index contributed by atoms with van der Waals surface area (Å²) in [4.78, 5) is 24.4. The van der Waals surface area contributed by atoms with Crippen LogP contribution in [-0.2, 0) is 4.74 Å². The number of nitro groups is 1. The molecule has 1 aliphatic heterocycles. The Morgan fingerprint density at radius 2 is 2.26 bits per heavy atom. The number of phenols is 1. The lowest BCUT2D eigenvalue weighted by Crippen LogP contribution is -2.40. The number of hydrogen-bond acceptors (Lipinski definition) is 5. The van der Waals surface area contributed by atoms with Crippen LogP contribution < -0.4 is 0 Å². The zero-order chi connectivity index (χ0) is 16.8. The minimum atomic E-state index is -0.677. The van der Waals surface area contributed by atoms with Gasteiger partial charge in [-0.3, -0.25) is 14.9 Å². The number of hydrogen-bond donors (Lipinski definition) is 1. The molecule has 1 aromatic rings. The van der Waals surface area contributed by atoms with E-state index in [4.69, 9.17) is 4.74 Å². The van der Waals surface area contributed by atoms with Crippen molar-refractivity contribution in [1.29, 1.82) is 0 Å². The average Bonchev–Trinajstić information content (AvgIpc) is 2.54. The molecule has 0 aromatic heterocycles. The van der Waals surface area contributed by atoms with Crippen molar-refractivity contribution in [3.05, 3.63) is 33.9 Å². The fraction of sp³-hybridized carbons (Fsp3) is 0.562. The summed E-state index contributed by atoms with van der Waals surface area (Å²) in [5.41, 5.74) is -0.156. The van der Waals surface area contributed by atoms with Crippen LogP contribution in [0.1, 0.15) is 43.0 Å². The van der Waals surface area contributed by atoms with Gasteiger partial charge >= 0.3 is 5.69 Å². The number of ether oxygens (including phenoxy) is 1. The van der Waals surface area contributed by atoms with E-state index in [1.807, 2.05) is 6.92 Å². The Kier molecular flexibility index (Phi) is 5.92. The second-order valence-corrected chi connectivity index (χ2v) is 5.70. The molecule has 23 heavy (non-hydrogen) atoms. The van der Waals surface area contributed by atoms with E-state index in [1.165, 1.54) is 6.07 Å². The highest BCUT2D eigenvalue weighted by Crippen LogP contribution is 2.27. The fourth-order valence-corrected chi connectivity index (χ4v) is 2.74. The molecular weight excluding hydrogens is 300 g/mol. The van der Waals surface area contributed by atoms with Crippen LogP contribution in [0.2, 0.25) is 0 Å². The zero-order valence-electron chi connectivity index (χ0n) is 13.2. The van der Waals surface area contributed by atoms with Crippen molar-refractivity contribution >= 4 is 11.6 Å². The highest BCUT2D eigenvalue weighted by atomic mass is 16.6. The van der Waals surface area contributed by atoms with Crippen LogP contribution in [0.4, 0.5) is 5.69 Å². The quantitative estimate of drug-likeness (QED) is 0.642. The van der Waals surface area contributed by atoms with Crippen molar-refractivity contribution in [2.24, 2.45) is 0 Å². The predicted molar refractivity (Wildman–Crippen MR) is 84.5 cm³/mol. The highest BCUT2D eigenvalue weighted by molar-refractivity contribution is 5.95. The van der Waals surface area contributed by atoms with Gasteiger partial charge in [-0.1, -0.05) is 6.92 Å². The minimum absolute atomic E-state index is 0.0332. The highest BCUT2D eigenvalue weighted by Gasteiger charge is 2.23. The predicted octanol–water partition coefficient (Wildman–Crippen LogP) is 2.72. The lowest BCUT2D eigenvalue weighted by Gasteiger charge is -2.30. The molecule has 1 atom stereocenters. The van der Waals surface area contributed by atoms with Crippen LogP contribution in [0, 0.1) is 10.1 Å². The number of nitro benzene ring substituents is 1. The summed E-state index contributed by atoms with van der Waals surface area (Å²) in [6, 6.07) is 3.69. The second kappa shape index (κ2) is 7.92. The standard InChI is InChI=1S/C16H22N2O5/c1-2-8-17(11-13-5-3-4-9-23-13)16(20)12-6-7-14(18(21)22)15(19)10-12/h6-7,10,13,19H,2-5,8-9,11H2,1H3. The molecule has 1 amide bonds. The van der Waals surface area contributed by atoms with E-state index in [-0.39, 0.29) is 17.6 Å². The van der Waals surface area contributed by atoms with Crippen molar-refractivity contribution in [1.82, 2.24) is 4.90 Å². The molecule has 1 unspecified atom stereocenters. The van der Waals surface area contributed by atoms with Gasteiger partial charge in [0, 0.05) is 31.3 Å². The molecule has 1 saturated heterocycles. The van der Waals surface area contributed by atoms with Crippen LogP contribution in [0.15, 0.2) is 18.2 Å². The summed E-state index contributed by atoms with van der Waals surface area (Å²) < 4.78 is 5.68. The third kappa shape index (κ3) is 4.41. The van der Waals surface area contributed by atoms with E-state index in [0.717, 1.165) is 44.4 Å². The minimum Gasteiger partial charge on any atom is -0.502 e. The van der Waals surface area contributed by atoms with Crippen LogP contribution in [0.5, 0.6) is 5.75 Å². The number of carbonyl (C=O) groups excluding carboxylic acids is 1. The van der Waals surface area contributed by atoms with E-state index in [2.05, 4.69) is 0 Å². The van der Waals surface area contributed by atoms with Gasteiger partial charge in [0.05, 0.1) is 11.0 Å². The number of aromatic hydroxyl groups is 1. The number of rotatable bonds is 6. The van der Waals surface area contributed by atoms with E-state index in [1.54, 1.807) is 4.90 Å². The summed E-state index contributed by atoms with van der Waals surface area (Å²) in [5.74, 6) is -0.738. The summed E-state index contributed by atoms with van der Waals surface area (Å²) in [6.07, 6.45) is 3.91. The molecule has 1 N–H and O–H groups in total. The molecule has 0 radical (unpaired) electrons. The molecule has 7 heteroatoms. The van der Waals surface area contributed by atoms with Crippen molar-refractivity contribution in [2.75, 3.05) is 19.7 Å². The summed E-state index contributed by atoms with van der Waals surface area (Å²) in [6.45, 7) is 3.79. The maximum absolute atomic E-state index is 12.6. The molecule has 1 aromatic carbocycles. The smallest absolute Gasteiger partial charge is 0.310 e. The topological polar surface area (TPSA) is 92.9 Å². The van der Waals surface area contributed by atoms with E-state index in [9.17, 15) is 20.0 Å². The first-order chi connectivity index (χ1) is 11.0. The van der Waals surface area contributed by atoms with Gasteiger partial charge in [0.25, 0.3) is 5.91 Å². The van der Waals surface area contributed by atoms with Gasteiger partial charge in [-0.25, -0.2) is 0 Å². The molecule has 0 saturated carbocycles. The Labute approximate surface area is 135 Å². The van der Waals surface area contributed by atoms with Gasteiger partial charge in [0.2, 0.25) is 0 Å². The lowest BCUT2D eigenvalue weighted by molar-refractivity contribution is -0.385. The Balaban J connectivity index is 2.13. The maximum atomic E-state index is 12.6. The zero-order valence-corrected chi connectivity index (χ0v) is 13.2. The van der Waals surface area contributed by atoms with E-state index in [0.29, 0.717) is 13.1 Å². The normalized spacial score (nSPS) is 17.7. The second-order valence-electron chi connectivity index (χ2n) is 5.70.